The predicted molar refractivity (Wildman–Crippen MR) is 119 cm³/mol. The number of aryl methyl sites for hydroxylation is 2. The zero-order chi connectivity index (χ0) is 19.7. The fourth-order valence-corrected chi connectivity index (χ4v) is 2.25. The fourth-order valence-electron chi connectivity index (χ4n) is 2.25. The number of rotatable bonds is 3. The maximum Gasteiger partial charge on any atom is 0.266 e. The molecule has 0 N–H and O–H groups in total. The summed E-state index contributed by atoms with van der Waals surface area (Å²) in [4.78, 5) is 32.6. The molecular weight excluding hydrogens is 372 g/mol. The second-order valence-corrected chi connectivity index (χ2v) is 5.74. The van der Waals surface area contributed by atoms with Crippen molar-refractivity contribution in [3.63, 3.8) is 0 Å². The highest BCUT2D eigenvalue weighted by Gasteiger charge is 2.18. The van der Waals surface area contributed by atoms with Crippen LogP contribution in [0.1, 0.15) is 67.7 Å². The van der Waals surface area contributed by atoms with Gasteiger partial charge in [0.05, 0.1) is 0 Å². The summed E-state index contributed by atoms with van der Waals surface area (Å²) in [6.45, 7) is 8.56. The number of aliphatic imine (C=N–C) groups is 2. The van der Waals surface area contributed by atoms with Crippen LogP contribution >= 0.6 is 0 Å². The minimum atomic E-state index is -0.0191. The molecule has 168 valence electrons. The lowest BCUT2D eigenvalue weighted by Crippen LogP contribution is -2.27. The van der Waals surface area contributed by atoms with Gasteiger partial charge in [0.2, 0.25) is 17.7 Å². The molecule has 0 saturated carbocycles. The van der Waals surface area contributed by atoms with Crippen molar-refractivity contribution >= 4 is 23.5 Å². The second kappa shape index (κ2) is 15.4. The Labute approximate surface area is 176 Å². The summed E-state index contributed by atoms with van der Waals surface area (Å²) >= 11 is 0. The highest BCUT2D eigenvalue weighted by Crippen LogP contribution is 2.02. The number of amides is 2. The lowest BCUT2D eigenvalue weighted by Gasteiger charge is -2.08. The molecule has 0 saturated heterocycles. The van der Waals surface area contributed by atoms with E-state index in [1.807, 2.05) is 32.7 Å². The van der Waals surface area contributed by atoms with Gasteiger partial charge in [-0.25, -0.2) is 0 Å². The first kappa shape index (κ1) is 31.1. The minimum Gasteiger partial charge on any atom is -0.426 e. The van der Waals surface area contributed by atoms with E-state index in [9.17, 15) is 9.59 Å². The summed E-state index contributed by atoms with van der Waals surface area (Å²) in [6.07, 6.45) is 2.52. The van der Waals surface area contributed by atoms with Gasteiger partial charge in [-0.05, 0) is 0 Å². The van der Waals surface area contributed by atoms with Crippen LogP contribution in [0.3, 0.4) is 0 Å². The third-order valence-corrected chi connectivity index (χ3v) is 3.73. The van der Waals surface area contributed by atoms with Crippen molar-refractivity contribution in [2.24, 2.45) is 9.98 Å². The van der Waals surface area contributed by atoms with Crippen LogP contribution in [0.25, 0.3) is 0 Å². The quantitative estimate of drug-likeness (QED) is 0.754. The highest BCUT2D eigenvalue weighted by atomic mass is 16.4. The molecule has 0 aromatic carbocycles. The molecule has 9 heteroatoms. The van der Waals surface area contributed by atoms with E-state index in [4.69, 9.17) is 4.42 Å². The average molecular weight is 413 g/mol. The van der Waals surface area contributed by atoms with E-state index < -0.39 is 0 Å². The number of hydrogen-bond acceptors (Lipinski definition) is 7. The Bertz CT molecular complexity index is 682. The van der Waals surface area contributed by atoms with Crippen LogP contribution in [0.4, 0.5) is 0 Å². The maximum absolute atomic E-state index is 10.8. The van der Waals surface area contributed by atoms with E-state index in [1.54, 1.807) is 18.9 Å². The smallest absolute Gasteiger partial charge is 0.266 e. The summed E-state index contributed by atoms with van der Waals surface area (Å²) in [5.41, 5.74) is 0. The summed E-state index contributed by atoms with van der Waals surface area (Å²) in [7, 11) is 3.64. The third-order valence-electron chi connectivity index (χ3n) is 3.73. The molecule has 2 amide bonds. The molecule has 1 aromatic heterocycles. The van der Waals surface area contributed by atoms with Crippen molar-refractivity contribution in [2.45, 2.75) is 69.2 Å². The Hall–Kier alpha value is -2.58. The molecule has 0 atom stereocenters. The topological polar surface area (TPSA) is 104 Å². The highest BCUT2D eigenvalue weighted by molar-refractivity contribution is 6.03. The van der Waals surface area contributed by atoms with Crippen LogP contribution in [-0.2, 0) is 16.0 Å². The molecule has 0 fully saturated rings. The zero-order valence-corrected chi connectivity index (χ0v) is 16.4. The van der Waals surface area contributed by atoms with E-state index >= 15 is 0 Å². The standard InChI is InChI=1S/2C6H10N2O.C5H8N2O.3CH4/c1-3-5-7-6(9)4-8(5)2;1-3-5-7-4-6(9)8(5)2;1-3-5-7-6-4(2)8-5;;;/h2*3-4H2,1-2H3;3H2,1-2H3;3*1H4. The molecule has 1 aromatic rings. The first-order valence-corrected chi connectivity index (χ1v) is 8.72. The Morgan fingerprint density at radius 3 is 1.72 bits per heavy atom. The minimum absolute atomic E-state index is 0. The van der Waals surface area contributed by atoms with Crippen LogP contribution in [0.15, 0.2) is 14.4 Å². The van der Waals surface area contributed by atoms with Crippen LogP contribution in [0.5, 0.6) is 0 Å². The molecule has 2 aliphatic heterocycles. The molecule has 3 heterocycles. The van der Waals surface area contributed by atoms with Gasteiger partial charge >= 0.3 is 0 Å². The average Bonchev–Trinajstić information content (AvgIpc) is 3.28. The van der Waals surface area contributed by atoms with Gasteiger partial charge in [-0.1, -0.05) is 43.1 Å². The van der Waals surface area contributed by atoms with Crippen molar-refractivity contribution in [1.29, 1.82) is 0 Å². The van der Waals surface area contributed by atoms with Crippen molar-refractivity contribution in [1.82, 2.24) is 20.0 Å². The van der Waals surface area contributed by atoms with Gasteiger partial charge in [0.1, 0.15) is 24.8 Å². The summed E-state index contributed by atoms with van der Waals surface area (Å²) in [5, 5.41) is 7.39. The number of amidine groups is 2. The number of hydrogen-bond donors (Lipinski definition) is 0. The molecule has 0 aliphatic carbocycles. The number of nitrogens with zero attached hydrogens (tertiary/aromatic N) is 6. The van der Waals surface area contributed by atoms with Crippen molar-refractivity contribution in [2.75, 3.05) is 27.2 Å². The molecule has 0 radical (unpaired) electrons. The number of aromatic nitrogens is 2. The monoisotopic (exact) mass is 412 g/mol. The zero-order valence-electron chi connectivity index (χ0n) is 16.4. The van der Waals surface area contributed by atoms with Crippen LogP contribution in [0.2, 0.25) is 0 Å². The Morgan fingerprint density at radius 1 is 0.931 bits per heavy atom. The van der Waals surface area contributed by atoms with E-state index in [0.717, 1.165) is 30.9 Å². The molecule has 29 heavy (non-hydrogen) atoms. The molecule has 0 unspecified atom stereocenters. The van der Waals surface area contributed by atoms with Crippen molar-refractivity contribution in [3.05, 3.63) is 11.8 Å². The van der Waals surface area contributed by atoms with Crippen molar-refractivity contribution in [3.8, 4) is 0 Å². The third kappa shape index (κ3) is 9.96. The summed E-state index contributed by atoms with van der Waals surface area (Å²) in [6, 6.07) is 0. The lowest BCUT2D eigenvalue weighted by molar-refractivity contribution is -0.124. The van der Waals surface area contributed by atoms with E-state index in [2.05, 4.69) is 20.2 Å². The van der Waals surface area contributed by atoms with E-state index in [0.29, 0.717) is 24.9 Å². The fraction of sp³-hybridized carbons (Fsp3) is 0.700. The van der Waals surface area contributed by atoms with Gasteiger partial charge in [0, 0.05) is 40.3 Å². The van der Waals surface area contributed by atoms with Gasteiger partial charge in [-0.15, -0.1) is 10.2 Å². The first-order chi connectivity index (χ1) is 12.3. The van der Waals surface area contributed by atoms with Crippen LogP contribution in [0, 0.1) is 6.92 Å². The maximum atomic E-state index is 10.8. The Balaban J connectivity index is -0.000000333. The SMILES string of the molecule is C.C.C.CCC1=NC(=O)CN1C.CCC1=NCC(=O)N1C.CCc1nnc(C)o1. The first-order valence-electron chi connectivity index (χ1n) is 8.72. The van der Waals surface area contributed by atoms with Gasteiger partial charge in [-0.2, -0.15) is 4.99 Å². The number of likely N-dealkylation sites (N-methyl/N-ethyl adjacent to an activating group) is 2. The van der Waals surface area contributed by atoms with E-state index in [-0.39, 0.29) is 34.1 Å². The second-order valence-electron chi connectivity index (χ2n) is 5.74. The predicted octanol–water partition coefficient (Wildman–Crippen LogP) is 3.38. The largest absolute Gasteiger partial charge is 0.426 e. The number of carbonyl (C=O) groups excluding carboxylic acids is 2. The Kier molecular flexibility index (Phi) is 16.5. The van der Waals surface area contributed by atoms with Crippen LogP contribution in [-0.4, -0.2) is 70.7 Å². The summed E-state index contributed by atoms with van der Waals surface area (Å²) < 4.78 is 5.01. The molecule has 3 rings (SSSR count). The van der Waals surface area contributed by atoms with Crippen molar-refractivity contribution < 1.29 is 14.0 Å². The number of carbonyl (C=O) groups is 2. The Morgan fingerprint density at radius 2 is 1.52 bits per heavy atom. The van der Waals surface area contributed by atoms with Crippen LogP contribution < -0.4 is 0 Å². The molecule has 2 aliphatic rings. The van der Waals surface area contributed by atoms with Gasteiger partial charge < -0.3 is 14.2 Å². The van der Waals surface area contributed by atoms with E-state index in [1.165, 1.54) is 0 Å². The van der Waals surface area contributed by atoms with Gasteiger partial charge in [0.15, 0.2) is 0 Å². The van der Waals surface area contributed by atoms with Gasteiger partial charge in [-0.3, -0.25) is 14.6 Å². The molecule has 9 nitrogen and oxygen atoms in total. The molecule has 0 bridgehead atoms. The lowest BCUT2D eigenvalue weighted by atomic mass is 10.4. The van der Waals surface area contributed by atoms with Gasteiger partial charge in [0.25, 0.3) is 5.91 Å². The molecular formula is C20H40N6O3. The molecule has 0 spiro atoms. The summed E-state index contributed by atoms with van der Waals surface area (Å²) in [5.74, 6) is 3.24. The normalized spacial score (nSPS) is 14.3.